The van der Waals surface area contributed by atoms with E-state index in [0.717, 1.165) is 23.4 Å². The number of hydrogen-bond acceptors (Lipinski definition) is 4. The van der Waals surface area contributed by atoms with E-state index in [1.165, 1.54) is 10.9 Å². The maximum Gasteiger partial charge on any atom is 0.129 e. The van der Waals surface area contributed by atoms with Crippen molar-refractivity contribution in [2.24, 2.45) is 0 Å². The minimum absolute atomic E-state index is 0.778. The molecule has 1 N–H and O–H groups in total. The third-order valence-electron chi connectivity index (χ3n) is 3.09. The summed E-state index contributed by atoms with van der Waals surface area (Å²) < 4.78 is 0. The standard InChI is InChI=1S/C15H14N4/c1-16-15-9-12(18-10-19-15)8-11-6-7-17-14-5-3-2-4-13(11)14/h2-7,9-10H,8H2,1H3,(H,16,18,19). The fourth-order valence-corrected chi connectivity index (χ4v) is 2.14. The molecule has 0 aliphatic rings. The van der Waals surface area contributed by atoms with Gasteiger partial charge in [0.25, 0.3) is 0 Å². The smallest absolute Gasteiger partial charge is 0.129 e. The van der Waals surface area contributed by atoms with Crippen molar-refractivity contribution in [3.05, 3.63) is 60.2 Å². The molecule has 0 spiro atoms. The molecule has 0 amide bonds. The van der Waals surface area contributed by atoms with Gasteiger partial charge in [-0.25, -0.2) is 9.97 Å². The summed E-state index contributed by atoms with van der Waals surface area (Å²) in [4.78, 5) is 12.8. The van der Waals surface area contributed by atoms with Crippen molar-refractivity contribution >= 4 is 16.7 Å². The van der Waals surface area contributed by atoms with Gasteiger partial charge in [-0.1, -0.05) is 18.2 Å². The van der Waals surface area contributed by atoms with Gasteiger partial charge in [0, 0.05) is 31.1 Å². The number of hydrogen-bond donors (Lipinski definition) is 1. The van der Waals surface area contributed by atoms with Gasteiger partial charge in [-0.3, -0.25) is 4.98 Å². The minimum atomic E-state index is 0.778. The maximum atomic E-state index is 4.37. The van der Waals surface area contributed by atoms with Crippen LogP contribution in [0, 0.1) is 0 Å². The fourth-order valence-electron chi connectivity index (χ4n) is 2.14. The van der Waals surface area contributed by atoms with Gasteiger partial charge in [0.1, 0.15) is 12.1 Å². The Morgan fingerprint density at radius 1 is 1.05 bits per heavy atom. The van der Waals surface area contributed by atoms with E-state index in [4.69, 9.17) is 0 Å². The first-order valence-corrected chi connectivity index (χ1v) is 6.18. The highest BCUT2D eigenvalue weighted by molar-refractivity contribution is 5.82. The molecule has 2 aromatic heterocycles. The van der Waals surface area contributed by atoms with Crippen LogP contribution in [0.4, 0.5) is 5.82 Å². The first-order valence-electron chi connectivity index (χ1n) is 6.18. The highest BCUT2D eigenvalue weighted by Gasteiger charge is 2.04. The van der Waals surface area contributed by atoms with E-state index in [-0.39, 0.29) is 0 Å². The summed E-state index contributed by atoms with van der Waals surface area (Å²) in [6, 6.07) is 12.2. The fraction of sp³-hybridized carbons (Fsp3) is 0.133. The highest BCUT2D eigenvalue weighted by atomic mass is 15.0. The molecule has 2 heterocycles. The van der Waals surface area contributed by atoms with E-state index in [2.05, 4.69) is 26.3 Å². The summed E-state index contributed by atoms with van der Waals surface area (Å²) in [5, 5.41) is 4.20. The van der Waals surface area contributed by atoms with Crippen LogP contribution in [-0.4, -0.2) is 22.0 Å². The van der Waals surface area contributed by atoms with Gasteiger partial charge in [0.2, 0.25) is 0 Å². The number of pyridine rings is 1. The number of aromatic nitrogens is 3. The van der Waals surface area contributed by atoms with Crippen molar-refractivity contribution in [2.45, 2.75) is 6.42 Å². The molecule has 4 heteroatoms. The Labute approximate surface area is 111 Å². The molecule has 3 rings (SSSR count). The van der Waals surface area contributed by atoms with Crippen molar-refractivity contribution in [1.29, 1.82) is 0 Å². The van der Waals surface area contributed by atoms with Crippen LogP contribution >= 0.6 is 0 Å². The topological polar surface area (TPSA) is 50.7 Å². The van der Waals surface area contributed by atoms with E-state index in [1.54, 1.807) is 6.33 Å². The molecule has 0 fully saturated rings. The lowest BCUT2D eigenvalue weighted by molar-refractivity contribution is 1.03. The van der Waals surface area contributed by atoms with Crippen LogP contribution in [0.2, 0.25) is 0 Å². The van der Waals surface area contributed by atoms with Crippen LogP contribution < -0.4 is 5.32 Å². The number of benzene rings is 1. The largest absolute Gasteiger partial charge is 0.373 e. The number of nitrogens with zero attached hydrogens (tertiary/aromatic N) is 3. The van der Waals surface area contributed by atoms with Crippen molar-refractivity contribution < 1.29 is 0 Å². The molecule has 19 heavy (non-hydrogen) atoms. The number of fused-ring (bicyclic) bond motifs is 1. The van der Waals surface area contributed by atoms with Gasteiger partial charge in [0.15, 0.2) is 0 Å². The van der Waals surface area contributed by atoms with Gasteiger partial charge in [-0.15, -0.1) is 0 Å². The summed E-state index contributed by atoms with van der Waals surface area (Å²) in [6.07, 6.45) is 4.21. The molecule has 0 unspecified atom stereocenters. The first-order chi connectivity index (χ1) is 9.36. The Hall–Kier alpha value is -2.49. The van der Waals surface area contributed by atoms with Crippen LogP contribution in [0.25, 0.3) is 10.9 Å². The molecular weight excluding hydrogens is 236 g/mol. The zero-order valence-corrected chi connectivity index (χ0v) is 10.7. The van der Waals surface area contributed by atoms with E-state index < -0.39 is 0 Å². The Morgan fingerprint density at radius 3 is 2.84 bits per heavy atom. The number of nitrogens with one attached hydrogen (secondary N) is 1. The monoisotopic (exact) mass is 250 g/mol. The first kappa shape index (κ1) is 11.6. The minimum Gasteiger partial charge on any atom is -0.373 e. The third kappa shape index (κ3) is 2.38. The predicted octanol–water partition coefficient (Wildman–Crippen LogP) is 2.66. The Balaban J connectivity index is 2.01. The SMILES string of the molecule is CNc1cc(Cc2ccnc3ccccc23)ncn1. The second-order valence-corrected chi connectivity index (χ2v) is 4.31. The lowest BCUT2D eigenvalue weighted by atomic mass is 10.0. The summed E-state index contributed by atoms with van der Waals surface area (Å²) in [5.74, 6) is 0.836. The van der Waals surface area contributed by atoms with Crippen LogP contribution in [0.5, 0.6) is 0 Å². The van der Waals surface area contributed by atoms with E-state index in [0.29, 0.717) is 0 Å². The number of para-hydroxylation sites is 1. The van der Waals surface area contributed by atoms with Crippen molar-refractivity contribution in [1.82, 2.24) is 15.0 Å². The third-order valence-corrected chi connectivity index (χ3v) is 3.09. The molecule has 0 aliphatic carbocycles. The number of anilines is 1. The molecule has 0 saturated heterocycles. The Kier molecular flexibility index (Phi) is 3.06. The molecule has 3 aromatic rings. The maximum absolute atomic E-state index is 4.37. The van der Waals surface area contributed by atoms with E-state index >= 15 is 0 Å². The lowest BCUT2D eigenvalue weighted by Gasteiger charge is -2.06. The zero-order chi connectivity index (χ0) is 13.1. The predicted molar refractivity (Wildman–Crippen MR) is 76.1 cm³/mol. The van der Waals surface area contributed by atoms with Gasteiger partial charge < -0.3 is 5.32 Å². The summed E-state index contributed by atoms with van der Waals surface area (Å²) in [6.45, 7) is 0. The normalized spacial score (nSPS) is 10.6. The molecule has 94 valence electrons. The second-order valence-electron chi connectivity index (χ2n) is 4.31. The van der Waals surface area contributed by atoms with E-state index in [9.17, 15) is 0 Å². The van der Waals surface area contributed by atoms with Gasteiger partial charge in [-0.2, -0.15) is 0 Å². The van der Waals surface area contributed by atoms with Crippen LogP contribution in [-0.2, 0) is 6.42 Å². The average Bonchev–Trinajstić information content (AvgIpc) is 2.48. The second kappa shape index (κ2) is 5.02. The van der Waals surface area contributed by atoms with Gasteiger partial charge in [0.05, 0.1) is 11.2 Å². The molecule has 4 nitrogen and oxygen atoms in total. The quantitative estimate of drug-likeness (QED) is 0.776. The van der Waals surface area contributed by atoms with Crippen molar-refractivity contribution in [3.8, 4) is 0 Å². The average molecular weight is 250 g/mol. The summed E-state index contributed by atoms with van der Waals surface area (Å²) in [5.41, 5.74) is 3.24. The van der Waals surface area contributed by atoms with Crippen LogP contribution in [0.3, 0.4) is 0 Å². The van der Waals surface area contributed by atoms with Gasteiger partial charge >= 0.3 is 0 Å². The lowest BCUT2D eigenvalue weighted by Crippen LogP contribution is -1.98. The molecule has 0 aliphatic heterocycles. The van der Waals surface area contributed by atoms with E-state index in [1.807, 2.05) is 43.6 Å². The molecule has 0 radical (unpaired) electrons. The highest BCUT2D eigenvalue weighted by Crippen LogP contribution is 2.19. The zero-order valence-electron chi connectivity index (χ0n) is 10.7. The van der Waals surface area contributed by atoms with Crippen molar-refractivity contribution in [3.63, 3.8) is 0 Å². The van der Waals surface area contributed by atoms with Crippen molar-refractivity contribution in [2.75, 3.05) is 12.4 Å². The Bertz CT molecular complexity index is 704. The summed E-state index contributed by atoms with van der Waals surface area (Å²) in [7, 11) is 1.86. The van der Waals surface area contributed by atoms with Crippen LogP contribution in [0.1, 0.15) is 11.3 Å². The molecule has 1 aromatic carbocycles. The molecule has 0 atom stereocenters. The van der Waals surface area contributed by atoms with Crippen LogP contribution in [0.15, 0.2) is 48.9 Å². The molecular formula is C15H14N4. The Morgan fingerprint density at radius 2 is 1.95 bits per heavy atom. The summed E-state index contributed by atoms with van der Waals surface area (Å²) >= 11 is 0. The molecule has 0 bridgehead atoms. The number of rotatable bonds is 3. The molecule has 0 saturated carbocycles. The van der Waals surface area contributed by atoms with Gasteiger partial charge in [-0.05, 0) is 17.7 Å².